The van der Waals surface area contributed by atoms with Gasteiger partial charge in [0, 0.05) is 23.4 Å². The third kappa shape index (κ3) is 2.26. The van der Waals surface area contributed by atoms with Crippen molar-refractivity contribution in [2.75, 3.05) is 23.0 Å². The van der Waals surface area contributed by atoms with E-state index in [1.54, 1.807) is 11.8 Å². The zero-order chi connectivity index (χ0) is 10.8. The first-order valence-electron chi connectivity index (χ1n) is 4.68. The zero-order valence-corrected chi connectivity index (χ0v) is 9.98. The first-order valence-corrected chi connectivity index (χ1v) is 6.71. The Hall–Kier alpha value is -0.750. The van der Waals surface area contributed by atoms with Crippen LogP contribution in [0.1, 0.15) is 5.69 Å². The standard InChI is InChI=1S/C9H12N2O2S2/c1-6-4-15-9(10-6)11-2-3-14-5-7(11)8(12)13/h4,7H,2-3,5H2,1H3,(H,12,13). The van der Waals surface area contributed by atoms with Crippen LogP contribution in [-0.4, -0.2) is 40.2 Å². The van der Waals surface area contributed by atoms with E-state index in [1.165, 1.54) is 11.3 Å². The molecule has 0 saturated carbocycles. The number of nitrogens with zero attached hydrogens (tertiary/aromatic N) is 2. The van der Waals surface area contributed by atoms with E-state index in [-0.39, 0.29) is 0 Å². The van der Waals surface area contributed by atoms with Crippen LogP contribution in [0.25, 0.3) is 0 Å². The Kier molecular flexibility index (Phi) is 3.16. The number of aliphatic carboxylic acids is 1. The third-order valence-electron chi connectivity index (χ3n) is 2.27. The number of carboxylic acid groups (broad SMARTS) is 1. The lowest BCUT2D eigenvalue weighted by Crippen LogP contribution is -2.47. The van der Waals surface area contributed by atoms with Gasteiger partial charge in [0.25, 0.3) is 0 Å². The fourth-order valence-corrected chi connectivity index (χ4v) is 3.43. The van der Waals surface area contributed by atoms with Crippen LogP contribution in [0, 0.1) is 6.92 Å². The minimum atomic E-state index is -0.755. The van der Waals surface area contributed by atoms with Gasteiger partial charge in [-0.2, -0.15) is 11.8 Å². The molecule has 0 bridgehead atoms. The predicted octanol–water partition coefficient (Wildman–Crippen LogP) is 1.46. The largest absolute Gasteiger partial charge is 0.480 e. The molecule has 0 radical (unpaired) electrons. The predicted molar refractivity (Wildman–Crippen MR) is 62.9 cm³/mol. The quantitative estimate of drug-likeness (QED) is 0.853. The molecule has 0 aliphatic carbocycles. The fraction of sp³-hybridized carbons (Fsp3) is 0.556. The number of hydrogen-bond acceptors (Lipinski definition) is 5. The fourth-order valence-electron chi connectivity index (χ4n) is 1.51. The van der Waals surface area contributed by atoms with Crippen molar-refractivity contribution in [1.82, 2.24) is 4.98 Å². The average molecular weight is 244 g/mol. The Bertz CT molecular complexity index is 367. The molecular formula is C9H12N2O2S2. The molecule has 4 nitrogen and oxygen atoms in total. The lowest BCUT2D eigenvalue weighted by Gasteiger charge is -2.32. The van der Waals surface area contributed by atoms with Gasteiger partial charge in [0.1, 0.15) is 6.04 Å². The number of carbonyl (C=O) groups is 1. The van der Waals surface area contributed by atoms with E-state index in [0.29, 0.717) is 5.75 Å². The van der Waals surface area contributed by atoms with Crippen LogP contribution in [0.5, 0.6) is 0 Å². The highest BCUT2D eigenvalue weighted by Crippen LogP contribution is 2.27. The van der Waals surface area contributed by atoms with Gasteiger partial charge in [0.05, 0.1) is 5.69 Å². The molecule has 1 aromatic heterocycles. The average Bonchev–Trinajstić information content (AvgIpc) is 2.65. The molecule has 1 N–H and O–H groups in total. The van der Waals surface area contributed by atoms with Crippen molar-refractivity contribution < 1.29 is 9.90 Å². The van der Waals surface area contributed by atoms with Crippen LogP contribution in [0.2, 0.25) is 0 Å². The van der Waals surface area contributed by atoms with E-state index in [0.717, 1.165) is 23.1 Å². The summed E-state index contributed by atoms with van der Waals surface area (Å²) < 4.78 is 0. The van der Waals surface area contributed by atoms with Gasteiger partial charge in [-0.15, -0.1) is 11.3 Å². The summed E-state index contributed by atoms with van der Waals surface area (Å²) in [4.78, 5) is 17.3. The molecule has 0 spiro atoms. The van der Waals surface area contributed by atoms with E-state index in [1.807, 2.05) is 17.2 Å². The smallest absolute Gasteiger partial charge is 0.327 e. The van der Waals surface area contributed by atoms with Gasteiger partial charge in [-0.05, 0) is 6.92 Å². The molecule has 1 saturated heterocycles. The van der Waals surface area contributed by atoms with Crippen LogP contribution in [0.3, 0.4) is 0 Å². The minimum absolute atomic E-state index is 0.422. The summed E-state index contributed by atoms with van der Waals surface area (Å²) in [7, 11) is 0. The summed E-state index contributed by atoms with van der Waals surface area (Å²) >= 11 is 3.21. The number of aryl methyl sites for hydroxylation is 1. The molecule has 1 unspecified atom stereocenters. The van der Waals surface area contributed by atoms with E-state index in [2.05, 4.69) is 4.98 Å². The molecule has 1 aliphatic heterocycles. The molecule has 1 aromatic rings. The third-order valence-corrected chi connectivity index (χ3v) is 4.28. The summed E-state index contributed by atoms with van der Waals surface area (Å²) in [6, 6.07) is -0.422. The normalized spacial score (nSPS) is 21.7. The van der Waals surface area contributed by atoms with Crippen molar-refractivity contribution in [3.63, 3.8) is 0 Å². The second-order valence-electron chi connectivity index (χ2n) is 3.39. The molecule has 2 heterocycles. The molecule has 6 heteroatoms. The molecular weight excluding hydrogens is 232 g/mol. The zero-order valence-electron chi connectivity index (χ0n) is 8.34. The molecule has 15 heavy (non-hydrogen) atoms. The molecule has 2 rings (SSSR count). The first kappa shape index (κ1) is 10.8. The lowest BCUT2D eigenvalue weighted by atomic mass is 10.3. The minimum Gasteiger partial charge on any atom is -0.480 e. The van der Waals surface area contributed by atoms with Crippen molar-refractivity contribution in [2.45, 2.75) is 13.0 Å². The SMILES string of the molecule is Cc1csc(N2CCSCC2C(=O)O)n1. The van der Waals surface area contributed by atoms with Crippen molar-refractivity contribution in [3.8, 4) is 0 Å². The number of carboxylic acids is 1. The summed E-state index contributed by atoms with van der Waals surface area (Å²) in [6.07, 6.45) is 0. The van der Waals surface area contributed by atoms with Crippen molar-refractivity contribution >= 4 is 34.2 Å². The second-order valence-corrected chi connectivity index (χ2v) is 5.38. The van der Waals surface area contributed by atoms with E-state index in [4.69, 9.17) is 5.11 Å². The van der Waals surface area contributed by atoms with Gasteiger partial charge in [0.2, 0.25) is 0 Å². The van der Waals surface area contributed by atoms with Crippen LogP contribution in [0.4, 0.5) is 5.13 Å². The maximum Gasteiger partial charge on any atom is 0.327 e. The molecule has 1 atom stereocenters. The lowest BCUT2D eigenvalue weighted by molar-refractivity contribution is -0.138. The number of rotatable bonds is 2. The summed E-state index contributed by atoms with van der Waals surface area (Å²) in [5.74, 6) is 0.867. The highest BCUT2D eigenvalue weighted by molar-refractivity contribution is 7.99. The summed E-state index contributed by atoms with van der Waals surface area (Å²) in [5, 5.41) is 11.9. The molecule has 0 aromatic carbocycles. The van der Waals surface area contributed by atoms with Gasteiger partial charge < -0.3 is 10.0 Å². The van der Waals surface area contributed by atoms with Crippen LogP contribution in [0.15, 0.2) is 5.38 Å². The Morgan fingerprint density at radius 2 is 2.53 bits per heavy atom. The van der Waals surface area contributed by atoms with Crippen molar-refractivity contribution in [2.24, 2.45) is 0 Å². The van der Waals surface area contributed by atoms with Crippen LogP contribution < -0.4 is 4.90 Å². The summed E-state index contributed by atoms with van der Waals surface area (Å²) in [5.41, 5.74) is 0.956. The molecule has 1 fully saturated rings. The maximum atomic E-state index is 11.1. The molecule has 82 valence electrons. The number of aromatic nitrogens is 1. The molecule has 0 amide bonds. The first-order chi connectivity index (χ1) is 7.18. The van der Waals surface area contributed by atoms with Crippen LogP contribution in [-0.2, 0) is 4.79 Å². The van der Waals surface area contributed by atoms with E-state index in [9.17, 15) is 4.79 Å². The number of thioether (sulfide) groups is 1. The highest BCUT2D eigenvalue weighted by Gasteiger charge is 2.30. The summed E-state index contributed by atoms with van der Waals surface area (Å²) in [6.45, 7) is 2.70. The Labute approximate surface area is 96.3 Å². The number of thiazole rings is 1. The Morgan fingerprint density at radius 1 is 1.73 bits per heavy atom. The van der Waals surface area contributed by atoms with Gasteiger partial charge >= 0.3 is 5.97 Å². The topological polar surface area (TPSA) is 53.4 Å². The highest BCUT2D eigenvalue weighted by atomic mass is 32.2. The van der Waals surface area contributed by atoms with Crippen molar-refractivity contribution in [1.29, 1.82) is 0 Å². The molecule has 1 aliphatic rings. The van der Waals surface area contributed by atoms with E-state index < -0.39 is 12.0 Å². The number of anilines is 1. The van der Waals surface area contributed by atoms with Crippen LogP contribution >= 0.6 is 23.1 Å². The Balaban J connectivity index is 2.21. The van der Waals surface area contributed by atoms with Gasteiger partial charge in [-0.25, -0.2) is 9.78 Å². The Morgan fingerprint density at radius 3 is 3.13 bits per heavy atom. The second kappa shape index (κ2) is 4.40. The van der Waals surface area contributed by atoms with Gasteiger partial charge in [-0.3, -0.25) is 0 Å². The number of hydrogen-bond donors (Lipinski definition) is 1. The van der Waals surface area contributed by atoms with Crippen molar-refractivity contribution in [3.05, 3.63) is 11.1 Å². The van der Waals surface area contributed by atoms with Gasteiger partial charge in [-0.1, -0.05) is 0 Å². The van der Waals surface area contributed by atoms with E-state index >= 15 is 0 Å². The maximum absolute atomic E-state index is 11.1. The monoisotopic (exact) mass is 244 g/mol. The van der Waals surface area contributed by atoms with Gasteiger partial charge in [0.15, 0.2) is 5.13 Å².